The minimum atomic E-state index is -0.523. The highest BCUT2D eigenvalue weighted by molar-refractivity contribution is 7.99. The number of aromatic nitrogens is 3. The van der Waals surface area contributed by atoms with E-state index in [1.54, 1.807) is 10.6 Å². The SMILES string of the molecule is C=CCn1c(COc2ccc(F)c(Cl)c2)nnc1SCC(=O)Nc1sc2c(c1C#N)CCCC2. The van der Waals surface area contributed by atoms with Crippen molar-refractivity contribution in [2.75, 3.05) is 11.1 Å². The van der Waals surface area contributed by atoms with Crippen LogP contribution in [0.1, 0.15) is 34.7 Å². The minimum absolute atomic E-state index is 0.0292. The maximum atomic E-state index is 13.3. The van der Waals surface area contributed by atoms with E-state index >= 15 is 0 Å². The fourth-order valence-electron chi connectivity index (χ4n) is 3.62. The molecule has 0 atom stereocenters. The number of amides is 1. The number of carbonyl (C=O) groups is 1. The van der Waals surface area contributed by atoms with Crippen LogP contribution in [0.15, 0.2) is 36.0 Å². The first-order valence-corrected chi connectivity index (χ1v) is 12.8. The van der Waals surface area contributed by atoms with Gasteiger partial charge in [-0.05, 0) is 43.4 Å². The molecule has 0 bridgehead atoms. The number of rotatable bonds is 9. The van der Waals surface area contributed by atoms with Crippen molar-refractivity contribution in [3.8, 4) is 11.8 Å². The van der Waals surface area contributed by atoms with Gasteiger partial charge in [-0.25, -0.2) is 4.39 Å². The smallest absolute Gasteiger partial charge is 0.235 e. The number of allylic oxidation sites excluding steroid dienone is 1. The quantitative estimate of drug-likeness (QED) is 0.302. The van der Waals surface area contributed by atoms with Gasteiger partial charge < -0.3 is 10.1 Å². The first kappa shape index (κ1) is 24.3. The van der Waals surface area contributed by atoms with Crippen LogP contribution in [0, 0.1) is 17.1 Å². The predicted octanol–water partition coefficient (Wildman–Crippen LogP) is 5.38. The van der Waals surface area contributed by atoms with Crippen molar-refractivity contribution in [1.29, 1.82) is 5.26 Å². The molecule has 0 spiro atoms. The summed E-state index contributed by atoms with van der Waals surface area (Å²) in [6.07, 6.45) is 5.72. The molecule has 11 heteroatoms. The Morgan fingerprint density at radius 1 is 1.41 bits per heavy atom. The number of fused-ring (bicyclic) bond motifs is 1. The molecule has 1 aromatic carbocycles. The first-order chi connectivity index (χ1) is 16.5. The molecule has 0 saturated carbocycles. The van der Waals surface area contributed by atoms with Crippen LogP contribution in [-0.2, 0) is 30.8 Å². The Balaban J connectivity index is 1.40. The number of benzene rings is 1. The zero-order valence-electron chi connectivity index (χ0n) is 18.1. The second kappa shape index (κ2) is 11.0. The number of nitrogens with zero attached hydrogens (tertiary/aromatic N) is 4. The number of hydrogen-bond donors (Lipinski definition) is 1. The molecule has 4 rings (SSSR count). The average molecular weight is 518 g/mol. The Bertz CT molecular complexity index is 1270. The molecule has 2 aromatic heterocycles. The number of halogens is 2. The number of nitriles is 1. The zero-order valence-corrected chi connectivity index (χ0v) is 20.5. The number of ether oxygens (including phenoxy) is 1. The van der Waals surface area contributed by atoms with Crippen LogP contribution in [0.2, 0.25) is 5.02 Å². The molecule has 0 unspecified atom stereocenters. The number of anilines is 1. The Morgan fingerprint density at radius 2 is 2.24 bits per heavy atom. The lowest BCUT2D eigenvalue weighted by Gasteiger charge is -2.10. The van der Waals surface area contributed by atoms with Gasteiger partial charge in [0.15, 0.2) is 11.0 Å². The van der Waals surface area contributed by atoms with Crippen molar-refractivity contribution in [1.82, 2.24) is 14.8 Å². The van der Waals surface area contributed by atoms with Crippen LogP contribution in [0.3, 0.4) is 0 Å². The molecule has 0 fully saturated rings. The second-order valence-electron chi connectivity index (χ2n) is 7.53. The summed E-state index contributed by atoms with van der Waals surface area (Å²) in [6.45, 7) is 4.28. The van der Waals surface area contributed by atoms with Crippen LogP contribution >= 0.6 is 34.7 Å². The lowest BCUT2D eigenvalue weighted by atomic mass is 9.96. The van der Waals surface area contributed by atoms with Gasteiger partial charge in [-0.2, -0.15) is 5.26 Å². The van der Waals surface area contributed by atoms with Crippen molar-refractivity contribution in [3.05, 3.63) is 63.5 Å². The molecule has 1 aliphatic carbocycles. The summed E-state index contributed by atoms with van der Waals surface area (Å²) >= 11 is 8.53. The number of thioether (sulfide) groups is 1. The third-order valence-corrected chi connectivity index (χ3v) is 7.70. The summed E-state index contributed by atoms with van der Waals surface area (Å²) in [5.74, 6) is 0.301. The maximum absolute atomic E-state index is 13.3. The molecule has 176 valence electrons. The van der Waals surface area contributed by atoms with Gasteiger partial charge in [0, 0.05) is 17.5 Å². The summed E-state index contributed by atoms with van der Waals surface area (Å²) in [5, 5.41) is 21.9. The number of nitrogens with one attached hydrogen (secondary N) is 1. The summed E-state index contributed by atoms with van der Waals surface area (Å²) in [6, 6.07) is 6.36. The largest absolute Gasteiger partial charge is 0.486 e. The molecular formula is C23H21ClFN5O2S2. The normalized spacial score (nSPS) is 12.6. The third-order valence-electron chi connectivity index (χ3n) is 5.23. The van der Waals surface area contributed by atoms with Gasteiger partial charge in [-0.3, -0.25) is 9.36 Å². The number of thiophene rings is 1. The van der Waals surface area contributed by atoms with Gasteiger partial charge in [-0.1, -0.05) is 29.4 Å². The van der Waals surface area contributed by atoms with Gasteiger partial charge in [0.1, 0.15) is 29.2 Å². The zero-order chi connectivity index (χ0) is 24.1. The highest BCUT2D eigenvalue weighted by Gasteiger charge is 2.22. The summed E-state index contributed by atoms with van der Waals surface area (Å²) < 4.78 is 20.8. The van der Waals surface area contributed by atoms with Crippen molar-refractivity contribution in [2.24, 2.45) is 0 Å². The number of aryl methyl sites for hydroxylation is 1. The highest BCUT2D eigenvalue weighted by Crippen LogP contribution is 2.37. The summed E-state index contributed by atoms with van der Waals surface area (Å²) in [7, 11) is 0. The Labute approximate surface area is 209 Å². The van der Waals surface area contributed by atoms with Crippen LogP contribution in [0.5, 0.6) is 5.75 Å². The Hall–Kier alpha value is -2.87. The lowest BCUT2D eigenvalue weighted by molar-refractivity contribution is -0.113. The standard InChI is InChI=1S/C23H21ClFN5O2S2/c1-2-9-30-20(12-32-14-7-8-18(25)17(24)10-14)28-29-23(30)33-13-21(31)27-22-16(11-26)15-5-3-4-6-19(15)34-22/h2,7-8,10H,1,3-6,9,12-13H2,(H,27,31). The topological polar surface area (TPSA) is 92.8 Å². The van der Waals surface area contributed by atoms with Crippen molar-refractivity contribution in [3.63, 3.8) is 0 Å². The van der Waals surface area contributed by atoms with Crippen molar-refractivity contribution >= 4 is 45.6 Å². The van der Waals surface area contributed by atoms with Crippen molar-refractivity contribution in [2.45, 2.75) is 44.0 Å². The number of hydrogen-bond acceptors (Lipinski definition) is 7. The fraction of sp³-hybridized carbons (Fsp3) is 0.304. The van der Waals surface area contributed by atoms with E-state index in [0.29, 0.717) is 33.8 Å². The van der Waals surface area contributed by atoms with Crippen molar-refractivity contribution < 1.29 is 13.9 Å². The van der Waals surface area contributed by atoms with Crippen LogP contribution in [0.4, 0.5) is 9.39 Å². The van der Waals surface area contributed by atoms with Gasteiger partial charge in [0.05, 0.1) is 16.3 Å². The Morgan fingerprint density at radius 3 is 3.00 bits per heavy atom. The summed E-state index contributed by atoms with van der Waals surface area (Å²) in [4.78, 5) is 13.8. The van der Waals surface area contributed by atoms with E-state index in [-0.39, 0.29) is 23.3 Å². The van der Waals surface area contributed by atoms with Crippen LogP contribution in [0.25, 0.3) is 0 Å². The predicted molar refractivity (Wildman–Crippen MR) is 131 cm³/mol. The molecule has 0 aliphatic heterocycles. The first-order valence-electron chi connectivity index (χ1n) is 10.6. The molecule has 7 nitrogen and oxygen atoms in total. The van der Waals surface area contributed by atoms with Gasteiger partial charge >= 0.3 is 0 Å². The molecular weight excluding hydrogens is 497 g/mol. The fourth-order valence-corrected chi connectivity index (χ4v) is 5.82. The Kier molecular flexibility index (Phi) is 7.88. The molecule has 1 N–H and O–H groups in total. The monoisotopic (exact) mass is 517 g/mol. The highest BCUT2D eigenvalue weighted by atomic mass is 35.5. The lowest BCUT2D eigenvalue weighted by Crippen LogP contribution is -2.15. The molecule has 0 radical (unpaired) electrons. The van der Waals surface area contributed by atoms with E-state index in [4.69, 9.17) is 16.3 Å². The molecule has 1 amide bonds. The van der Waals surface area contributed by atoms with Crippen LogP contribution in [-0.4, -0.2) is 26.4 Å². The van der Waals surface area contributed by atoms with E-state index in [0.717, 1.165) is 31.2 Å². The van der Waals surface area contributed by atoms with Gasteiger partial charge in [0.25, 0.3) is 0 Å². The van der Waals surface area contributed by atoms with E-state index in [9.17, 15) is 14.4 Å². The van der Waals surface area contributed by atoms with E-state index in [1.807, 2.05) is 0 Å². The van der Waals surface area contributed by atoms with E-state index < -0.39 is 5.82 Å². The second-order valence-corrected chi connectivity index (χ2v) is 9.98. The van der Waals surface area contributed by atoms with Gasteiger partial charge in [0.2, 0.25) is 5.91 Å². The van der Waals surface area contributed by atoms with E-state index in [2.05, 4.69) is 28.2 Å². The molecule has 1 aliphatic rings. The van der Waals surface area contributed by atoms with E-state index in [1.165, 1.54) is 46.2 Å². The average Bonchev–Trinajstić information content (AvgIpc) is 3.38. The third kappa shape index (κ3) is 5.43. The molecule has 2 heterocycles. The summed E-state index contributed by atoms with van der Waals surface area (Å²) in [5.41, 5.74) is 1.67. The molecule has 34 heavy (non-hydrogen) atoms. The number of carbonyl (C=O) groups excluding carboxylic acids is 1. The van der Waals surface area contributed by atoms with Gasteiger partial charge in [-0.15, -0.1) is 28.1 Å². The molecule has 3 aromatic rings. The minimum Gasteiger partial charge on any atom is -0.486 e. The van der Waals surface area contributed by atoms with Crippen LogP contribution < -0.4 is 10.1 Å². The molecule has 0 saturated heterocycles. The maximum Gasteiger partial charge on any atom is 0.235 e.